The number of aromatic hydroxyl groups is 1. The number of fused-ring (bicyclic) bond motifs is 1. The largest absolute Gasteiger partial charge is 0.506 e. The van der Waals surface area contributed by atoms with Crippen LogP contribution in [0.5, 0.6) is 5.75 Å². The number of aryl methyl sites for hydroxylation is 1. The molecule has 3 N–H and O–H groups in total. The summed E-state index contributed by atoms with van der Waals surface area (Å²) >= 11 is 0. The molecule has 20 heavy (non-hydrogen) atoms. The molecular weight excluding hydrogens is 252 g/mol. The van der Waals surface area contributed by atoms with E-state index in [1.165, 1.54) is 0 Å². The molecule has 0 saturated heterocycles. The van der Waals surface area contributed by atoms with E-state index >= 15 is 0 Å². The molecule has 0 atom stereocenters. The van der Waals surface area contributed by atoms with Crippen LogP contribution in [0.3, 0.4) is 0 Å². The average Bonchev–Trinajstić information content (AvgIpc) is 2.90. The van der Waals surface area contributed by atoms with Crippen molar-refractivity contribution in [2.45, 2.75) is 6.92 Å². The Balaban J connectivity index is 1.95. The monoisotopic (exact) mass is 266 g/mol. The Bertz CT molecular complexity index is 790. The first-order valence-corrected chi connectivity index (χ1v) is 6.32. The number of benzene rings is 2. The molecule has 0 aliphatic carbocycles. The van der Waals surface area contributed by atoms with Gasteiger partial charge in [0.2, 0.25) is 0 Å². The third-order valence-corrected chi connectivity index (χ3v) is 3.24. The predicted octanol–water partition coefficient (Wildman–Crippen LogP) is 3.43. The van der Waals surface area contributed by atoms with Crippen molar-refractivity contribution >= 4 is 22.5 Å². The fourth-order valence-corrected chi connectivity index (χ4v) is 2.22. The Morgan fingerprint density at radius 3 is 2.85 bits per heavy atom. The Morgan fingerprint density at radius 2 is 2.05 bits per heavy atom. The standard InChI is InChI=1S/C16H14N2O2/c1-10-5-6-14(15(19)9-10)18-16(20)12-3-2-4-13-11(12)7-8-17-13/h2-9,17,19H,1H3,(H,18,20). The van der Waals surface area contributed by atoms with E-state index in [2.05, 4.69) is 10.3 Å². The zero-order valence-electron chi connectivity index (χ0n) is 11.0. The van der Waals surface area contributed by atoms with Crippen LogP contribution >= 0.6 is 0 Å². The molecule has 0 unspecified atom stereocenters. The smallest absolute Gasteiger partial charge is 0.256 e. The number of carbonyl (C=O) groups excluding carboxylic acids is 1. The van der Waals surface area contributed by atoms with Gasteiger partial charge in [-0.3, -0.25) is 4.79 Å². The van der Waals surface area contributed by atoms with Crippen LogP contribution in [-0.4, -0.2) is 16.0 Å². The van der Waals surface area contributed by atoms with Gasteiger partial charge in [-0.1, -0.05) is 12.1 Å². The summed E-state index contributed by atoms with van der Waals surface area (Å²) in [5, 5.41) is 13.4. The van der Waals surface area contributed by atoms with Crippen molar-refractivity contribution < 1.29 is 9.90 Å². The van der Waals surface area contributed by atoms with Crippen molar-refractivity contribution in [3.05, 3.63) is 59.8 Å². The second-order valence-electron chi connectivity index (χ2n) is 4.72. The fraction of sp³-hybridized carbons (Fsp3) is 0.0625. The molecular formula is C16H14N2O2. The third kappa shape index (κ3) is 2.12. The summed E-state index contributed by atoms with van der Waals surface area (Å²) in [7, 11) is 0. The topological polar surface area (TPSA) is 65.1 Å². The number of hydrogen-bond acceptors (Lipinski definition) is 2. The van der Waals surface area contributed by atoms with Gasteiger partial charge in [0.25, 0.3) is 5.91 Å². The van der Waals surface area contributed by atoms with Gasteiger partial charge in [0, 0.05) is 22.7 Å². The lowest BCUT2D eigenvalue weighted by molar-refractivity contribution is 0.102. The molecule has 2 aromatic carbocycles. The molecule has 0 radical (unpaired) electrons. The maximum atomic E-state index is 12.3. The molecule has 0 spiro atoms. The maximum absolute atomic E-state index is 12.3. The van der Waals surface area contributed by atoms with Crippen LogP contribution in [-0.2, 0) is 0 Å². The lowest BCUT2D eigenvalue weighted by Crippen LogP contribution is -2.12. The lowest BCUT2D eigenvalue weighted by Gasteiger charge is -2.08. The van der Waals surface area contributed by atoms with Crippen molar-refractivity contribution in [1.29, 1.82) is 0 Å². The summed E-state index contributed by atoms with van der Waals surface area (Å²) in [4.78, 5) is 15.4. The summed E-state index contributed by atoms with van der Waals surface area (Å²) < 4.78 is 0. The van der Waals surface area contributed by atoms with Crippen molar-refractivity contribution in [3.8, 4) is 5.75 Å². The van der Waals surface area contributed by atoms with Gasteiger partial charge in [-0.05, 0) is 42.8 Å². The van der Waals surface area contributed by atoms with Gasteiger partial charge in [-0.15, -0.1) is 0 Å². The minimum absolute atomic E-state index is 0.0691. The molecule has 1 heterocycles. The Kier molecular flexibility index (Phi) is 2.91. The number of anilines is 1. The second-order valence-corrected chi connectivity index (χ2v) is 4.72. The molecule has 0 fully saturated rings. The summed E-state index contributed by atoms with van der Waals surface area (Å²) in [5.74, 6) is -0.172. The van der Waals surface area contributed by atoms with E-state index in [9.17, 15) is 9.90 Å². The van der Waals surface area contributed by atoms with Crippen LogP contribution in [0.2, 0.25) is 0 Å². The lowest BCUT2D eigenvalue weighted by atomic mass is 10.1. The number of rotatable bonds is 2. The number of phenolic OH excluding ortho intramolecular Hbond substituents is 1. The van der Waals surface area contributed by atoms with Gasteiger partial charge in [0.05, 0.1) is 5.69 Å². The molecule has 0 saturated carbocycles. The van der Waals surface area contributed by atoms with Crippen LogP contribution in [0.25, 0.3) is 10.9 Å². The second kappa shape index (κ2) is 4.74. The van der Waals surface area contributed by atoms with E-state index < -0.39 is 0 Å². The van der Waals surface area contributed by atoms with Gasteiger partial charge >= 0.3 is 0 Å². The van der Waals surface area contributed by atoms with Crippen LogP contribution in [0.1, 0.15) is 15.9 Å². The summed E-state index contributed by atoms with van der Waals surface area (Å²) in [6.45, 7) is 1.88. The first-order chi connectivity index (χ1) is 9.65. The van der Waals surface area contributed by atoms with E-state index in [1.54, 1.807) is 24.4 Å². The molecule has 0 bridgehead atoms. The number of aromatic nitrogens is 1. The quantitative estimate of drug-likeness (QED) is 0.622. The first-order valence-electron chi connectivity index (χ1n) is 6.32. The van der Waals surface area contributed by atoms with Gasteiger partial charge in [0.1, 0.15) is 5.75 Å². The van der Waals surface area contributed by atoms with E-state index in [0.29, 0.717) is 11.3 Å². The van der Waals surface area contributed by atoms with Crippen molar-refractivity contribution in [2.75, 3.05) is 5.32 Å². The number of nitrogens with one attached hydrogen (secondary N) is 2. The first kappa shape index (κ1) is 12.3. The summed E-state index contributed by atoms with van der Waals surface area (Å²) in [6.07, 6.45) is 1.80. The zero-order chi connectivity index (χ0) is 14.1. The Hall–Kier alpha value is -2.75. The fourth-order valence-electron chi connectivity index (χ4n) is 2.22. The number of phenols is 1. The Morgan fingerprint density at radius 1 is 1.20 bits per heavy atom. The minimum atomic E-state index is -0.241. The zero-order valence-corrected chi connectivity index (χ0v) is 11.0. The maximum Gasteiger partial charge on any atom is 0.256 e. The van der Waals surface area contributed by atoms with Gasteiger partial charge in [-0.25, -0.2) is 0 Å². The highest BCUT2D eigenvalue weighted by molar-refractivity contribution is 6.12. The van der Waals surface area contributed by atoms with E-state index in [4.69, 9.17) is 0 Å². The summed E-state index contributed by atoms with van der Waals surface area (Å²) in [6, 6.07) is 12.5. The predicted molar refractivity (Wildman–Crippen MR) is 79.1 cm³/mol. The highest BCUT2D eigenvalue weighted by atomic mass is 16.3. The van der Waals surface area contributed by atoms with Gasteiger partial charge < -0.3 is 15.4 Å². The molecule has 1 amide bonds. The van der Waals surface area contributed by atoms with Crippen LogP contribution in [0.15, 0.2) is 48.7 Å². The number of H-pyrrole nitrogens is 1. The minimum Gasteiger partial charge on any atom is -0.506 e. The summed E-state index contributed by atoms with van der Waals surface area (Å²) in [5.41, 5.74) is 2.83. The number of hydrogen-bond donors (Lipinski definition) is 3. The van der Waals surface area contributed by atoms with Crippen LogP contribution < -0.4 is 5.32 Å². The van der Waals surface area contributed by atoms with E-state index in [0.717, 1.165) is 16.5 Å². The highest BCUT2D eigenvalue weighted by Crippen LogP contribution is 2.25. The Labute approximate surface area is 116 Å². The van der Waals surface area contributed by atoms with Crippen LogP contribution in [0, 0.1) is 6.92 Å². The molecule has 0 aliphatic heterocycles. The molecule has 4 heteroatoms. The third-order valence-electron chi connectivity index (χ3n) is 3.24. The molecule has 3 aromatic rings. The molecule has 3 rings (SSSR count). The normalized spacial score (nSPS) is 10.7. The highest BCUT2D eigenvalue weighted by Gasteiger charge is 2.12. The molecule has 0 aliphatic rings. The van der Waals surface area contributed by atoms with E-state index in [1.807, 2.05) is 31.2 Å². The van der Waals surface area contributed by atoms with Crippen LogP contribution in [0.4, 0.5) is 5.69 Å². The van der Waals surface area contributed by atoms with Crippen molar-refractivity contribution in [2.24, 2.45) is 0 Å². The number of aromatic amines is 1. The molecule has 4 nitrogen and oxygen atoms in total. The van der Waals surface area contributed by atoms with Gasteiger partial charge in [0.15, 0.2) is 0 Å². The number of amides is 1. The van der Waals surface area contributed by atoms with Crippen molar-refractivity contribution in [3.63, 3.8) is 0 Å². The average molecular weight is 266 g/mol. The van der Waals surface area contributed by atoms with Crippen molar-refractivity contribution in [1.82, 2.24) is 4.98 Å². The van der Waals surface area contributed by atoms with E-state index in [-0.39, 0.29) is 11.7 Å². The molecule has 1 aromatic heterocycles. The molecule has 100 valence electrons. The van der Waals surface area contributed by atoms with Gasteiger partial charge in [-0.2, -0.15) is 0 Å². The SMILES string of the molecule is Cc1ccc(NC(=O)c2cccc3[nH]ccc23)c(O)c1. The number of carbonyl (C=O) groups is 1.